The number of hydrogen-bond donors (Lipinski definition) is 1. The highest BCUT2D eigenvalue weighted by molar-refractivity contribution is 5.12. The lowest BCUT2D eigenvalue weighted by atomic mass is 9.95. The van der Waals surface area contributed by atoms with E-state index in [1.807, 2.05) is 6.07 Å². The van der Waals surface area contributed by atoms with Crippen LogP contribution in [0.4, 0.5) is 4.39 Å². The van der Waals surface area contributed by atoms with Crippen LogP contribution in [0.15, 0.2) is 18.3 Å². The predicted molar refractivity (Wildman–Crippen MR) is 70.9 cm³/mol. The molecule has 0 amide bonds. The molecule has 0 aliphatic carbocycles. The van der Waals surface area contributed by atoms with Gasteiger partial charge in [-0.1, -0.05) is 6.92 Å². The average molecular weight is 251 g/mol. The monoisotopic (exact) mass is 251 g/mol. The molecular weight excluding hydrogens is 229 g/mol. The SMILES string of the molecule is CCC(c1ccc(F)cn1)N1CCNCC1(C)C. The number of hydrogen-bond acceptors (Lipinski definition) is 3. The Balaban J connectivity index is 2.24. The summed E-state index contributed by atoms with van der Waals surface area (Å²) < 4.78 is 13.0. The molecule has 18 heavy (non-hydrogen) atoms. The van der Waals surface area contributed by atoms with E-state index in [4.69, 9.17) is 0 Å². The number of halogens is 1. The summed E-state index contributed by atoms with van der Waals surface area (Å²) in [5.74, 6) is -0.270. The molecular formula is C14H22FN3. The second-order valence-electron chi connectivity index (χ2n) is 5.51. The molecule has 1 atom stereocenters. The molecule has 0 aromatic carbocycles. The Kier molecular flexibility index (Phi) is 3.97. The molecule has 2 rings (SSSR count). The van der Waals surface area contributed by atoms with Crippen LogP contribution in [0.3, 0.4) is 0 Å². The molecule has 1 unspecified atom stereocenters. The minimum absolute atomic E-state index is 0.106. The second-order valence-corrected chi connectivity index (χ2v) is 5.51. The van der Waals surface area contributed by atoms with Crippen LogP contribution < -0.4 is 5.32 Å². The first-order chi connectivity index (χ1) is 8.54. The van der Waals surface area contributed by atoms with Gasteiger partial charge in [0.2, 0.25) is 0 Å². The summed E-state index contributed by atoms with van der Waals surface area (Å²) >= 11 is 0. The molecule has 4 heteroatoms. The zero-order chi connectivity index (χ0) is 13.2. The average Bonchev–Trinajstić information content (AvgIpc) is 2.34. The van der Waals surface area contributed by atoms with Crippen LogP contribution in [0.2, 0.25) is 0 Å². The lowest BCUT2D eigenvalue weighted by Crippen LogP contribution is -2.58. The third kappa shape index (κ3) is 2.70. The number of aromatic nitrogens is 1. The fourth-order valence-corrected chi connectivity index (χ4v) is 2.75. The molecule has 0 spiro atoms. The zero-order valence-electron chi connectivity index (χ0n) is 11.4. The van der Waals surface area contributed by atoms with E-state index in [2.05, 4.69) is 36.0 Å². The van der Waals surface area contributed by atoms with Crippen LogP contribution in [-0.4, -0.2) is 35.1 Å². The summed E-state index contributed by atoms with van der Waals surface area (Å²) in [6, 6.07) is 3.57. The van der Waals surface area contributed by atoms with E-state index in [-0.39, 0.29) is 17.4 Å². The molecule has 1 aliphatic heterocycles. The predicted octanol–water partition coefficient (Wildman–Crippen LogP) is 2.36. The summed E-state index contributed by atoms with van der Waals surface area (Å²) in [5, 5.41) is 3.42. The van der Waals surface area contributed by atoms with Gasteiger partial charge in [0.05, 0.1) is 17.9 Å². The number of nitrogens with one attached hydrogen (secondary N) is 1. The van der Waals surface area contributed by atoms with Gasteiger partial charge in [-0.3, -0.25) is 9.88 Å². The largest absolute Gasteiger partial charge is 0.314 e. The molecule has 2 heterocycles. The Morgan fingerprint density at radius 1 is 1.50 bits per heavy atom. The maximum absolute atomic E-state index is 13.0. The lowest BCUT2D eigenvalue weighted by Gasteiger charge is -2.47. The van der Waals surface area contributed by atoms with Crippen molar-refractivity contribution in [3.63, 3.8) is 0 Å². The van der Waals surface area contributed by atoms with Gasteiger partial charge in [-0.2, -0.15) is 0 Å². The summed E-state index contributed by atoms with van der Waals surface area (Å²) in [6.07, 6.45) is 2.30. The number of pyridine rings is 1. The Labute approximate surface area is 108 Å². The highest BCUT2D eigenvalue weighted by Gasteiger charge is 2.35. The molecule has 1 aliphatic rings. The normalized spacial score (nSPS) is 21.8. The Bertz CT molecular complexity index is 389. The standard InChI is InChI=1S/C14H22FN3/c1-4-13(12-6-5-11(15)9-17-12)18-8-7-16-10-14(18,2)3/h5-6,9,13,16H,4,7-8,10H2,1-3H3. The van der Waals surface area contributed by atoms with Gasteiger partial charge < -0.3 is 5.32 Å². The highest BCUT2D eigenvalue weighted by atomic mass is 19.1. The van der Waals surface area contributed by atoms with Crippen molar-refractivity contribution in [1.82, 2.24) is 15.2 Å². The lowest BCUT2D eigenvalue weighted by molar-refractivity contribution is 0.0403. The molecule has 1 N–H and O–H groups in total. The molecule has 1 fully saturated rings. The van der Waals surface area contributed by atoms with Gasteiger partial charge in [0.1, 0.15) is 5.82 Å². The van der Waals surface area contributed by atoms with Gasteiger partial charge in [0, 0.05) is 25.2 Å². The minimum atomic E-state index is -0.270. The van der Waals surface area contributed by atoms with Crippen molar-refractivity contribution >= 4 is 0 Å². The van der Waals surface area contributed by atoms with Crippen LogP contribution in [0, 0.1) is 5.82 Å². The van der Waals surface area contributed by atoms with E-state index in [9.17, 15) is 4.39 Å². The fraction of sp³-hybridized carbons (Fsp3) is 0.643. The first kappa shape index (κ1) is 13.4. The molecule has 0 saturated carbocycles. The van der Waals surface area contributed by atoms with Crippen LogP contribution in [-0.2, 0) is 0 Å². The van der Waals surface area contributed by atoms with E-state index < -0.39 is 0 Å². The van der Waals surface area contributed by atoms with Gasteiger partial charge in [-0.05, 0) is 32.4 Å². The molecule has 1 aromatic rings. The summed E-state index contributed by atoms with van der Waals surface area (Å²) in [4.78, 5) is 6.73. The van der Waals surface area contributed by atoms with Gasteiger partial charge in [-0.25, -0.2) is 4.39 Å². The van der Waals surface area contributed by atoms with Crippen molar-refractivity contribution in [2.75, 3.05) is 19.6 Å². The van der Waals surface area contributed by atoms with Crippen LogP contribution in [0.5, 0.6) is 0 Å². The van der Waals surface area contributed by atoms with E-state index in [0.29, 0.717) is 0 Å². The molecule has 3 nitrogen and oxygen atoms in total. The van der Waals surface area contributed by atoms with Crippen LogP contribution >= 0.6 is 0 Å². The quantitative estimate of drug-likeness (QED) is 0.894. The molecule has 0 bridgehead atoms. The summed E-state index contributed by atoms with van der Waals surface area (Å²) in [6.45, 7) is 9.63. The van der Waals surface area contributed by atoms with Gasteiger partial charge in [0.15, 0.2) is 0 Å². The molecule has 100 valence electrons. The van der Waals surface area contributed by atoms with Gasteiger partial charge in [0.25, 0.3) is 0 Å². The van der Waals surface area contributed by atoms with Crippen molar-refractivity contribution < 1.29 is 4.39 Å². The van der Waals surface area contributed by atoms with Crippen molar-refractivity contribution in [3.8, 4) is 0 Å². The third-order valence-electron chi connectivity index (χ3n) is 3.72. The summed E-state index contributed by atoms with van der Waals surface area (Å²) in [7, 11) is 0. The topological polar surface area (TPSA) is 28.2 Å². The van der Waals surface area contributed by atoms with Crippen molar-refractivity contribution in [2.45, 2.75) is 38.8 Å². The van der Waals surface area contributed by atoms with E-state index >= 15 is 0 Å². The Morgan fingerprint density at radius 3 is 2.83 bits per heavy atom. The second kappa shape index (κ2) is 5.33. The van der Waals surface area contributed by atoms with E-state index in [1.165, 1.54) is 12.3 Å². The summed E-state index contributed by atoms with van der Waals surface area (Å²) in [5.41, 5.74) is 1.07. The van der Waals surface area contributed by atoms with Crippen molar-refractivity contribution in [1.29, 1.82) is 0 Å². The minimum Gasteiger partial charge on any atom is -0.314 e. The van der Waals surface area contributed by atoms with Crippen molar-refractivity contribution in [2.24, 2.45) is 0 Å². The van der Waals surface area contributed by atoms with E-state index in [1.54, 1.807) is 0 Å². The van der Waals surface area contributed by atoms with Crippen LogP contribution in [0.1, 0.15) is 38.9 Å². The smallest absolute Gasteiger partial charge is 0.141 e. The van der Waals surface area contributed by atoms with Gasteiger partial charge in [-0.15, -0.1) is 0 Å². The first-order valence-electron chi connectivity index (χ1n) is 6.63. The number of piperazine rings is 1. The van der Waals surface area contributed by atoms with Gasteiger partial charge >= 0.3 is 0 Å². The molecule has 1 saturated heterocycles. The number of nitrogens with zero attached hydrogens (tertiary/aromatic N) is 2. The maximum Gasteiger partial charge on any atom is 0.141 e. The highest BCUT2D eigenvalue weighted by Crippen LogP contribution is 2.30. The fourth-order valence-electron chi connectivity index (χ4n) is 2.75. The Morgan fingerprint density at radius 2 is 2.28 bits per heavy atom. The molecule has 0 radical (unpaired) electrons. The zero-order valence-corrected chi connectivity index (χ0v) is 11.4. The van der Waals surface area contributed by atoms with E-state index in [0.717, 1.165) is 31.7 Å². The first-order valence-corrected chi connectivity index (χ1v) is 6.63. The van der Waals surface area contributed by atoms with Crippen LogP contribution in [0.25, 0.3) is 0 Å². The molecule has 1 aromatic heterocycles. The third-order valence-corrected chi connectivity index (χ3v) is 3.72. The maximum atomic E-state index is 13.0. The van der Waals surface area contributed by atoms with Crippen molar-refractivity contribution in [3.05, 3.63) is 29.8 Å². The Hall–Kier alpha value is -1.00. The number of rotatable bonds is 3.